The lowest BCUT2D eigenvalue weighted by molar-refractivity contribution is 0.457. The molecule has 0 aromatic carbocycles. The molecule has 0 saturated heterocycles. The van der Waals surface area contributed by atoms with E-state index in [2.05, 4.69) is 10.1 Å². The molecule has 0 amide bonds. The number of nitrogens with zero attached hydrogens (tertiary/aromatic N) is 3. The Morgan fingerprint density at radius 2 is 2.16 bits per heavy atom. The molecule has 2 N–H and O–H groups in total. The number of thiocarbonyl (C=S) groups is 1. The van der Waals surface area contributed by atoms with Crippen LogP contribution in [0.2, 0.25) is 0 Å². The van der Waals surface area contributed by atoms with Crippen LogP contribution in [0.3, 0.4) is 0 Å². The topological polar surface area (TPSA) is 66.0 Å². The summed E-state index contributed by atoms with van der Waals surface area (Å²) in [4.78, 5) is 4.58. The first-order chi connectivity index (χ1) is 8.97. The summed E-state index contributed by atoms with van der Waals surface area (Å²) >= 11 is 4.99. The molecule has 0 saturated carbocycles. The Morgan fingerprint density at radius 3 is 2.74 bits per heavy atom. The Morgan fingerprint density at radius 1 is 1.42 bits per heavy atom. The molecule has 0 atom stereocenters. The highest BCUT2D eigenvalue weighted by Gasteiger charge is 2.11. The van der Waals surface area contributed by atoms with Crippen LogP contribution in [0, 0.1) is 6.92 Å². The van der Waals surface area contributed by atoms with Crippen molar-refractivity contribution in [3.63, 3.8) is 0 Å². The summed E-state index contributed by atoms with van der Waals surface area (Å²) in [5.74, 6) is 1.03. The van der Waals surface area contributed by atoms with Crippen LogP contribution in [0.4, 0.5) is 0 Å². The lowest BCUT2D eigenvalue weighted by Gasteiger charge is -2.08. The van der Waals surface area contributed by atoms with Gasteiger partial charge in [0.15, 0.2) is 5.75 Å². The number of aromatic nitrogens is 3. The largest absolute Gasteiger partial charge is 0.435 e. The summed E-state index contributed by atoms with van der Waals surface area (Å²) in [7, 11) is 0. The summed E-state index contributed by atoms with van der Waals surface area (Å²) in [6, 6.07) is 3.93. The molecule has 0 radical (unpaired) electrons. The monoisotopic (exact) mass is 276 g/mol. The molecule has 2 aromatic rings. The van der Waals surface area contributed by atoms with Crippen LogP contribution >= 0.6 is 12.2 Å². The molecule has 0 spiro atoms. The third-order valence-electron chi connectivity index (χ3n) is 2.59. The predicted molar refractivity (Wildman–Crippen MR) is 77.5 cm³/mol. The Bertz CT molecular complexity index is 606. The number of ether oxygens (including phenoxy) is 1. The second kappa shape index (κ2) is 5.36. The van der Waals surface area contributed by atoms with Gasteiger partial charge < -0.3 is 10.5 Å². The number of hydrogen-bond acceptors (Lipinski definition) is 4. The quantitative estimate of drug-likeness (QED) is 0.869. The summed E-state index contributed by atoms with van der Waals surface area (Å²) in [5, 5.41) is 4.21. The first-order valence-corrected chi connectivity index (χ1v) is 6.37. The molecule has 100 valence electrons. The van der Waals surface area contributed by atoms with E-state index in [1.807, 2.05) is 43.8 Å². The van der Waals surface area contributed by atoms with Crippen molar-refractivity contribution < 1.29 is 4.74 Å². The van der Waals surface area contributed by atoms with E-state index in [9.17, 15) is 0 Å². The second-order valence-corrected chi connectivity index (χ2v) is 4.96. The highest BCUT2D eigenvalue weighted by molar-refractivity contribution is 7.80. The van der Waals surface area contributed by atoms with Gasteiger partial charge in [-0.3, -0.25) is 4.68 Å². The van der Waals surface area contributed by atoms with Crippen LogP contribution in [0.1, 0.15) is 31.1 Å². The van der Waals surface area contributed by atoms with Crippen molar-refractivity contribution >= 4 is 17.2 Å². The van der Waals surface area contributed by atoms with Crippen LogP contribution in [-0.4, -0.2) is 19.8 Å². The van der Waals surface area contributed by atoms with Gasteiger partial charge in [-0.05, 0) is 32.9 Å². The standard InChI is InChI=1S/C13H16N4OS/c1-8(2)17-7-10(6-15-17)18-13-11(12(14)19)5-4-9(3)16-13/h4-8H,1-3H3,(H2,14,19). The second-order valence-electron chi connectivity index (χ2n) is 4.52. The van der Waals surface area contributed by atoms with Crippen LogP contribution in [0.25, 0.3) is 0 Å². The summed E-state index contributed by atoms with van der Waals surface area (Å²) in [5.41, 5.74) is 7.12. The third-order valence-corrected chi connectivity index (χ3v) is 2.81. The third kappa shape index (κ3) is 3.08. The molecule has 0 aliphatic heterocycles. The average Bonchev–Trinajstić information content (AvgIpc) is 2.77. The zero-order chi connectivity index (χ0) is 14.0. The van der Waals surface area contributed by atoms with Crippen molar-refractivity contribution in [2.45, 2.75) is 26.8 Å². The van der Waals surface area contributed by atoms with E-state index in [1.54, 1.807) is 6.20 Å². The number of nitrogens with two attached hydrogens (primary N) is 1. The molecule has 2 rings (SSSR count). The van der Waals surface area contributed by atoms with Crippen LogP contribution in [0.15, 0.2) is 24.5 Å². The van der Waals surface area contributed by atoms with Crippen molar-refractivity contribution in [3.8, 4) is 11.6 Å². The van der Waals surface area contributed by atoms with E-state index in [4.69, 9.17) is 22.7 Å². The smallest absolute Gasteiger partial charge is 0.229 e. The molecule has 0 aliphatic carbocycles. The fourth-order valence-corrected chi connectivity index (χ4v) is 1.72. The van der Waals surface area contributed by atoms with Gasteiger partial charge in [0.25, 0.3) is 0 Å². The molecule has 19 heavy (non-hydrogen) atoms. The van der Waals surface area contributed by atoms with Gasteiger partial charge in [0, 0.05) is 11.7 Å². The normalized spacial score (nSPS) is 10.7. The lowest BCUT2D eigenvalue weighted by Crippen LogP contribution is -2.11. The van der Waals surface area contributed by atoms with E-state index in [-0.39, 0.29) is 11.0 Å². The Kier molecular flexibility index (Phi) is 3.80. The van der Waals surface area contributed by atoms with E-state index in [0.29, 0.717) is 17.2 Å². The first kappa shape index (κ1) is 13.5. The zero-order valence-electron chi connectivity index (χ0n) is 11.1. The minimum atomic E-state index is 0.263. The summed E-state index contributed by atoms with van der Waals surface area (Å²) < 4.78 is 7.53. The maximum Gasteiger partial charge on any atom is 0.229 e. The lowest BCUT2D eigenvalue weighted by atomic mass is 10.2. The highest BCUT2D eigenvalue weighted by atomic mass is 32.1. The predicted octanol–water partition coefficient (Wildman–Crippen LogP) is 2.59. The van der Waals surface area contributed by atoms with Crippen molar-refractivity contribution in [1.82, 2.24) is 14.8 Å². The molecule has 2 aromatic heterocycles. The molecule has 0 unspecified atom stereocenters. The van der Waals surface area contributed by atoms with Crippen LogP contribution in [-0.2, 0) is 0 Å². The molecular formula is C13H16N4OS. The summed E-state index contributed by atoms with van der Waals surface area (Å²) in [6.07, 6.45) is 3.46. The van der Waals surface area contributed by atoms with E-state index >= 15 is 0 Å². The molecule has 0 fully saturated rings. The Hall–Kier alpha value is -1.95. The minimum Gasteiger partial charge on any atom is -0.435 e. The van der Waals surface area contributed by atoms with E-state index < -0.39 is 0 Å². The van der Waals surface area contributed by atoms with Gasteiger partial charge in [0.1, 0.15) is 4.99 Å². The Labute approximate surface area is 117 Å². The molecule has 2 heterocycles. The first-order valence-electron chi connectivity index (χ1n) is 5.97. The van der Waals surface area contributed by atoms with Crippen molar-refractivity contribution in [2.75, 3.05) is 0 Å². The molecule has 0 bridgehead atoms. The maximum absolute atomic E-state index is 5.72. The van der Waals surface area contributed by atoms with Crippen LogP contribution in [0.5, 0.6) is 11.6 Å². The number of rotatable bonds is 4. The SMILES string of the molecule is Cc1ccc(C(N)=S)c(Oc2cnn(C(C)C)c2)n1. The average molecular weight is 276 g/mol. The van der Waals surface area contributed by atoms with E-state index in [1.165, 1.54) is 0 Å². The number of pyridine rings is 1. The highest BCUT2D eigenvalue weighted by Crippen LogP contribution is 2.24. The van der Waals surface area contributed by atoms with E-state index in [0.717, 1.165) is 5.69 Å². The van der Waals surface area contributed by atoms with Gasteiger partial charge in [-0.25, -0.2) is 4.98 Å². The number of aryl methyl sites for hydroxylation is 1. The van der Waals surface area contributed by atoms with Gasteiger partial charge in [0.2, 0.25) is 5.88 Å². The molecule has 0 aliphatic rings. The van der Waals surface area contributed by atoms with Crippen molar-refractivity contribution in [3.05, 3.63) is 35.8 Å². The zero-order valence-corrected chi connectivity index (χ0v) is 11.9. The van der Waals surface area contributed by atoms with Crippen LogP contribution < -0.4 is 10.5 Å². The van der Waals surface area contributed by atoms with Gasteiger partial charge >= 0.3 is 0 Å². The summed E-state index contributed by atoms with van der Waals surface area (Å²) in [6.45, 7) is 5.97. The molecular weight excluding hydrogens is 260 g/mol. The molecule has 5 nitrogen and oxygen atoms in total. The minimum absolute atomic E-state index is 0.263. The van der Waals surface area contributed by atoms with Gasteiger partial charge in [-0.15, -0.1) is 0 Å². The van der Waals surface area contributed by atoms with Gasteiger partial charge in [0.05, 0.1) is 18.0 Å². The van der Waals surface area contributed by atoms with Crippen molar-refractivity contribution in [2.24, 2.45) is 5.73 Å². The number of hydrogen-bond donors (Lipinski definition) is 1. The fourth-order valence-electron chi connectivity index (χ4n) is 1.57. The van der Waals surface area contributed by atoms with Crippen molar-refractivity contribution in [1.29, 1.82) is 0 Å². The van der Waals surface area contributed by atoms with Gasteiger partial charge in [-0.2, -0.15) is 5.10 Å². The maximum atomic E-state index is 5.72. The van der Waals surface area contributed by atoms with Gasteiger partial charge in [-0.1, -0.05) is 12.2 Å². The fraction of sp³-hybridized carbons (Fsp3) is 0.308. The molecule has 6 heteroatoms. The Balaban J connectivity index is 2.31.